The number of carbonyl (C=O) groups excluding carboxylic acids is 2. The van der Waals surface area contributed by atoms with Gasteiger partial charge in [-0.3, -0.25) is 0 Å². The van der Waals surface area contributed by atoms with Gasteiger partial charge in [0.15, 0.2) is 5.75 Å². The summed E-state index contributed by atoms with van der Waals surface area (Å²) in [5, 5.41) is 13.3. The third-order valence-corrected chi connectivity index (χ3v) is 6.45. The summed E-state index contributed by atoms with van der Waals surface area (Å²) >= 11 is 8.56. The van der Waals surface area contributed by atoms with Gasteiger partial charge in [-0.1, -0.05) is 0 Å². The molecule has 0 saturated heterocycles. The molecule has 7 nitrogen and oxygen atoms in total. The van der Waals surface area contributed by atoms with E-state index in [2.05, 4.69) is 95.7 Å². The molecule has 0 radical (unpaired) electrons. The van der Waals surface area contributed by atoms with Crippen LogP contribution < -0.4 is 44.5 Å². The molecule has 2 amide bonds. The van der Waals surface area contributed by atoms with Gasteiger partial charge in [0.05, 0.1) is 20.8 Å². The molecule has 2 aromatic carbocycles. The van der Waals surface area contributed by atoms with E-state index < -0.39 is 12.0 Å². The van der Waals surface area contributed by atoms with Crippen molar-refractivity contribution >= 4 is 102 Å². The largest absolute Gasteiger partial charge is 1.00 e. The molecule has 0 fully saturated rings. The second-order valence-electron chi connectivity index (χ2n) is 5.39. The van der Waals surface area contributed by atoms with Crippen molar-refractivity contribution in [3.63, 3.8) is 0 Å². The number of halogens is 4. The van der Waals surface area contributed by atoms with Crippen LogP contribution in [0.2, 0.25) is 0 Å². The Morgan fingerprint density at radius 2 is 1.48 bits per heavy atom. The number of primary amides is 1. The molecule has 0 atom stereocenters. The maximum absolute atomic E-state index is 10.8. The number of carbonyl (C=O) groups is 2. The van der Waals surface area contributed by atoms with Crippen LogP contribution in [0.4, 0.5) is 4.79 Å². The minimum absolute atomic E-state index is 0. The third kappa shape index (κ3) is 8.75. The maximum Gasteiger partial charge on any atom is 1.00 e. The van der Waals surface area contributed by atoms with Gasteiger partial charge in [0.25, 0.3) is 0 Å². The second-order valence-corrected chi connectivity index (χ2v) is 10.0. The predicted molar refractivity (Wildman–Crippen MR) is 136 cm³/mol. The second kappa shape index (κ2) is 13.0. The Labute approximate surface area is 234 Å². The van der Waals surface area contributed by atoms with Crippen LogP contribution in [0.15, 0.2) is 24.3 Å². The number of rotatable bonds is 8. The average molecular weight is 840 g/mol. The van der Waals surface area contributed by atoms with Crippen molar-refractivity contribution in [3.8, 4) is 17.2 Å². The number of ether oxygens (including phenoxy) is 2. The fraction of sp³-hybridized carbons (Fsp3) is 0.176. The van der Waals surface area contributed by atoms with E-state index in [4.69, 9.17) is 15.2 Å². The first-order valence-corrected chi connectivity index (χ1v) is 12.0. The van der Waals surface area contributed by atoms with Gasteiger partial charge in [-0.2, -0.15) is 0 Å². The molecule has 29 heavy (non-hydrogen) atoms. The van der Waals surface area contributed by atoms with E-state index in [0.717, 1.165) is 14.3 Å². The SMILES string of the molecule is NC(=O)NCCOc1c(I)cc(Oc2c(I)cc(CC(=O)[O-])cc2I)cc1I.[Li+]. The number of hydrogen-bond donors (Lipinski definition) is 2. The molecule has 0 unspecified atom stereocenters. The van der Waals surface area contributed by atoms with Gasteiger partial charge in [0.1, 0.15) is 18.1 Å². The van der Waals surface area contributed by atoms with E-state index in [1.54, 1.807) is 12.1 Å². The average Bonchev–Trinajstić information content (AvgIpc) is 2.56. The van der Waals surface area contributed by atoms with E-state index in [1.807, 2.05) is 12.1 Å². The number of aliphatic carboxylic acids is 1. The molecule has 0 saturated carbocycles. The van der Waals surface area contributed by atoms with Crippen molar-refractivity contribution in [1.29, 1.82) is 0 Å². The number of nitrogens with one attached hydrogen (secondary N) is 1. The van der Waals surface area contributed by atoms with E-state index >= 15 is 0 Å². The Morgan fingerprint density at radius 1 is 0.966 bits per heavy atom. The summed E-state index contributed by atoms with van der Waals surface area (Å²) in [5.74, 6) is 0.883. The van der Waals surface area contributed by atoms with Gasteiger partial charge in [-0.25, -0.2) is 4.79 Å². The zero-order chi connectivity index (χ0) is 20.8. The molecule has 150 valence electrons. The molecule has 12 heteroatoms. The van der Waals surface area contributed by atoms with Crippen LogP contribution in [0.25, 0.3) is 0 Å². The van der Waals surface area contributed by atoms with Gasteiger partial charge in [-0.05, 0) is 120 Å². The molecule has 2 aromatic rings. The van der Waals surface area contributed by atoms with E-state index in [0.29, 0.717) is 36.0 Å². The van der Waals surface area contributed by atoms with Gasteiger partial charge in [0.2, 0.25) is 0 Å². The Hall–Kier alpha value is 0.297. The maximum atomic E-state index is 10.8. The van der Waals surface area contributed by atoms with Crippen molar-refractivity contribution in [2.24, 2.45) is 5.73 Å². The van der Waals surface area contributed by atoms with Crippen molar-refractivity contribution in [1.82, 2.24) is 5.32 Å². The standard InChI is InChI=1S/C17H14I4N2O5.Li/c18-10-3-8(5-14(24)25)4-11(19)16(10)28-9-6-12(20)15(13(21)7-9)27-2-1-23-17(22)26;/h3-4,6-7H,1-2,5H2,(H,24,25)(H3,22,23,26);/q;+1/p-1. The number of urea groups is 1. The Kier molecular flexibility index (Phi) is 12.2. The van der Waals surface area contributed by atoms with Crippen LogP contribution in [0.1, 0.15) is 5.56 Å². The number of amides is 2. The third-order valence-electron chi connectivity index (χ3n) is 3.25. The molecule has 0 heterocycles. The van der Waals surface area contributed by atoms with Gasteiger partial charge in [-0.15, -0.1) is 0 Å². The molecular weight excluding hydrogens is 827 g/mol. The molecule has 2 rings (SSSR count). The van der Waals surface area contributed by atoms with Crippen LogP contribution in [-0.2, 0) is 11.2 Å². The summed E-state index contributed by atoms with van der Waals surface area (Å²) in [6.45, 7) is 0.610. The Bertz CT molecular complexity index is 867. The van der Waals surface area contributed by atoms with E-state index in [-0.39, 0.29) is 25.3 Å². The molecule has 0 aliphatic carbocycles. The van der Waals surface area contributed by atoms with Gasteiger partial charge in [0, 0.05) is 12.4 Å². The normalized spacial score (nSPS) is 10.1. The number of benzene rings is 2. The minimum Gasteiger partial charge on any atom is -0.550 e. The van der Waals surface area contributed by atoms with Crippen molar-refractivity contribution in [3.05, 3.63) is 44.1 Å². The number of nitrogens with two attached hydrogens (primary N) is 1. The topological polar surface area (TPSA) is 114 Å². The first-order chi connectivity index (χ1) is 13.2. The zero-order valence-electron chi connectivity index (χ0n) is 15.1. The summed E-state index contributed by atoms with van der Waals surface area (Å²) in [7, 11) is 0. The summed E-state index contributed by atoms with van der Waals surface area (Å²) in [5.41, 5.74) is 5.69. The smallest absolute Gasteiger partial charge is 0.550 e. The fourth-order valence-electron chi connectivity index (χ4n) is 2.16. The first-order valence-electron chi connectivity index (χ1n) is 7.68. The van der Waals surface area contributed by atoms with Crippen LogP contribution >= 0.6 is 90.4 Å². The van der Waals surface area contributed by atoms with Crippen LogP contribution in [0.5, 0.6) is 17.2 Å². The summed E-state index contributed by atoms with van der Waals surface area (Å²) in [6.07, 6.45) is -0.140. The quantitative estimate of drug-likeness (QED) is 0.225. The zero-order valence-corrected chi connectivity index (χ0v) is 23.7. The molecule has 3 N–H and O–H groups in total. The van der Waals surface area contributed by atoms with E-state index in [9.17, 15) is 14.7 Å². The molecular formula is C17H13I4LiN2O5. The van der Waals surface area contributed by atoms with Crippen molar-refractivity contribution < 1.29 is 43.0 Å². The minimum atomic E-state index is -1.12. The van der Waals surface area contributed by atoms with Crippen molar-refractivity contribution in [2.75, 3.05) is 13.2 Å². The van der Waals surface area contributed by atoms with Gasteiger partial charge < -0.3 is 30.4 Å². The monoisotopic (exact) mass is 840 g/mol. The summed E-state index contributed by atoms with van der Waals surface area (Å²) < 4.78 is 15.1. The van der Waals surface area contributed by atoms with Crippen LogP contribution in [0.3, 0.4) is 0 Å². The predicted octanol–water partition coefficient (Wildman–Crippen LogP) is 0.241. The molecule has 0 bridgehead atoms. The summed E-state index contributed by atoms with van der Waals surface area (Å²) in [6, 6.07) is 6.65. The number of hydrogen-bond acceptors (Lipinski definition) is 5. The molecule has 0 spiro atoms. The van der Waals surface area contributed by atoms with Crippen molar-refractivity contribution in [2.45, 2.75) is 6.42 Å². The molecule has 0 aliphatic heterocycles. The first kappa shape index (κ1) is 27.3. The Morgan fingerprint density at radius 3 is 1.97 bits per heavy atom. The summed E-state index contributed by atoms with van der Waals surface area (Å²) in [4.78, 5) is 21.5. The number of carboxylic acid groups (broad SMARTS) is 1. The van der Waals surface area contributed by atoms with E-state index in [1.165, 1.54) is 0 Å². The van der Waals surface area contributed by atoms with Crippen LogP contribution in [0, 0.1) is 14.3 Å². The van der Waals surface area contributed by atoms with Crippen LogP contribution in [-0.4, -0.2) is 25.2 Å². The molecule has 0 aromatic heterocycles. The Balaban J connectivity index is 0.00000420. The van der Waals surface area contributed by atoms with Gasteiger partial charge >= 0.3 is 24.9 Å². The molecule has 0 aliphatic rings. The fourth-order valence-corrected chi connectivity index (χ4v) is 6.30. The number of carboxylic acids is 1.